The number of allylic oxidation sites excluding steroid dienone is 11. The van der Waals surface area contributed by atoms with E-state index in [-0.39, 0.29) is 18.9 Å². The fraction of sp³-hybridized carbons (Fsp3) is 0.768. The SMILES string of the molecule is CC/C=C\C/C=C\C/C=C\C/C=C\CCCCCCCCCCCCCCCCC(=O)NC(COC1OC(CO)C(OC2OC(CO)C(O)C(O)C2O)C(O)C1O)C(O)/C=C/CC/C=C/CCCCC. The first-order valence-corrected chi connectivity index (χ1v) is 27.2. The van der Waals surface area contributed by atoms with Crippen LogP contribution in [-0.4, -0.2) is 140 Å². The van der Waals surface area contributed by atoms with Gasteiger partial charge in [0.05, 0.1) is 32.0 Å². The van der Waals surface area contributed by atoms with Crippen molar-refractivity contribution in [1.82, 2.24) is 5.32 Å². The normalized spacial score (nSPS) is 26.5. The lowest BCUT2D eigenvalue weighted by molar-refractivity contribution is -0.359. The van der Waals surface area contributed by atoms with E-state index < -0.39 is 86.8 Å². The molecule has 14 nitrogen and oxygen atoms in total. The number of rotatable bonds is 41. The third kappa shape index (κ3) is 28.0. The summed E-state index contributed by atoms with van der Waals surface area (Å²) in [5.74, 6) is -0.256. The molecule has 0 spiro atoms. The summed E-state index contributed by atoms with van der Waals surface area (Å²) in [6, 6.07) is -0.932. The average Bonchev–Trinajstić information content (AvgIpc) is 3.36. The Morgan fingerprint density at radius 2 is 1.00 bits per heavy atom. The quantitative estimate of drug-likeness (QED) is 0.0209. The molecule has 2 saturated heterocycles. The van der Waals surface area contributed by atoms with Gasteiger partial charge in [-0.2, -0.15) is 0 Å². The van der Waals surface area contributed by atoms with Gasteiger partial charge in [0.15, 0.2) is 12.6 Å². The van der Waals surface area contributed by atoms with Gasteiger partial charge in [-0.3, -0.25) is 4.79 Å². The maximum Gasteiger partial charge on any atom is 0.220 e. The Hall–Kier alpha value is -2.57. The molecule has 0 aromatic rings. The van der Waals surface area contributed by atoms with Crippen LogP contribution >= 0.6 is 0 Å². The van der Waals surface area contributed by atoms with Gasteiger partial charge in [0, 0.05) is 6.42 Å². The first-order valence-electron chi connectivity index (χ1n) is 27.2. The number of carbonyl (C=O) groups excluding carboxylic acids is 1. The lowest BCUT2D eigenvalue weighted by atomic mass is 9.97. The minimum atomic E-state index is -1.79. The zero-order valence-corrected chi connectivity index (χ0v) is 43.0. The summed E-state index contributed by atoms with van der Waals surface area (Å²) in [7, 11) is 0. The third-order valence-electron chi connectivity index (χ3n) is 12.9. The van der Waals surface area contributed by atoms with Crippen LogP contribution in [-0.2, 0) is 23.7 Å². The van der Waals surface area contributed by atoms with E-state index in [9.17, 15) is 45.6 Å². The standard InChI is InChI=1S/C56H97NO13/c1-3-5-7-9-11-13-14-15-16-17-18-19-20-21-22-23-24-25-26-27-28-29-30-32-34-36-38-40-48(61)57-44(45(60)39-37-35-33-31-12-10-8-6-4-2)43-67-55-53(66)51(64)54(47(42-59)69-55)70-56-52(65)50(63)49(62)46(41-58)68-56/h5,7,11-13,15-16,18-19,31,37,39,44-47,49-56,58-60,62-66H,3-4,6,8-10,14,17,20-30,32-36,38,40-43H2,1-2H3,(H,57,61)/b7-5-,13-11-,16-15-,19-18-,31-12+,39-37+. The van der Waals surface area contributed by atoms with Gasteiger partial charge in [0.1, 0.15) is 48.8 Å². The molecule has 0 aromatic carbocycles. The molecule has 1 amide bonds. The van der Waals surface area contributed by atoms with Gasteiger partial charge >= 0.3 is 0 Å². The molecule has 12 unspecified atom stereocenters. The monoisotopic (exact) mass is 992 g/mol. The van der Waals surface area contributed by atoms with E-state index in [1.54, 1.807) is 6.08 Å². The second-order valence-electron chi connectivity index (χ2n) is 19.0. The number of nitrogens with one attached hydrogen (secondary N) is 1. The molecule has 0 saturated carbocycles. The second-order valence-corrected chi connectivity index (χ2v) is 19.0. The molecule has 0 bridgehead atoms. The predicted octanol–water partition coefficient (Wildman–Crippen LogP) is 7.99. The summed E-state index contributed by atoms with van der Waals surface area (Å²) < 4.78 is 22.6. The van der Waals surface area contributed by atoms with Crippen LogP contribution in [0.1, 0.15) is 181 Å². The number of amides is 1. The highest BCUT2D eigenvalue weighted by atomic mass is 16.7. The molecule has 0 aliphatic carbocycles. The van der Waals surface area contributed by atoms with Gasteiger partial charge in [-0.1, -0.05) is 177 Å². The molecule has 0 radical (unpaired) electrons. The Morgan fingerprint density at radius 1 is 0.529 bits per heavy atom. The van der Waals surface area contributed by atoms with Crippen LogP contribution in [0.3, 0.4) is 0 Å². The van der Waals surface area contributed by atoms with Crippen molar-refractivity contribution in [1.29, 1.82) is 0 Å². The van der Waals surface area contributed by atoms with Crippen molar-refractivity contribution in [2.24, 2.45) is 0 Å². The smallest absolute Gasteiger partial charge is 0.220 e. The molecular formula is C56H97NO13. The molecule has 2 aliphatic heterocycles. The van der Waals surface area contributed by atoms with Crippen molar-refractivity contribution < 1.29 is 64.6 Å². The van der Waals surface area contributed by atoms with E-state index in [1.807, 2.05) is 6.08 Å². The molecule has 2 heterocycles. The van der Waals surface area contributed by atoms with Gasteiger partial charge in [-0.25, -0.2) is 0 Å². The van der Waals surface area contributed by atoms with E-state index in [0.717, 1.165) is 64.2 Å². The van der Waals surface area contributed by atoms with Crippen LogP contribution in [0.25, 0.3) is 0 Å². The van der Waals surface area contributed by atoms with Crippen LogP contribution in [0, 0.1) is 0 Å². The van der Waals surface area contributed by atoms with Crippen molar-refractivity contribution >= 4 is 5.91 Å². The van der Waals surface area contributed by atoms with E-state index in [0.29, 0.717) is 12.8 Å². The number of aliphatic hydroxyl groups is 8. The number of unbranched alkanes of at least 4 members (excludes halogenated alkanes) is 18. The zero-order chi connectivity index (χ0) is 51.0. The lowest BCUT2D eigenvalue weighted by Gasteiger charge is -2.46. The summed E-state index contributed by atoms with van der Waals surface area (Å²) >= 11 is 0. The molecule has 0 aromatic heterocycles. The number of carbonyl (C=O) groups is 1. The average molecular weight is 992 g/mol. The van der Waals surface area contributed by atoms with Crippen LogP contribution in [0.2, 0.25) is 0 Å². The van der Waals surface area contributed by atoms with Gasteiger partial charge in [0.2, 0.25) is 5.91 Å². The molecule has 404 valence electrons. The highest BCUT2D eigenvalue weighted by Gasteiger charge is 2.51. The van der Waals surface area contributed by atoms with Crippen molar-refractivity contribution in [2.45, 2.75) is 254 Å². The van der Waals surface area contributed by atoms with Gasteiger partial charge < -0.3 is 65.1 Å². The van der Waals surface area contributed by atoms with Crippen molar-refractivity contribution in [3.8, 4) is 0 Å². The molecule has 2 aliphatic rings. The minimum absolute atomic E-state index is 0.256. The first kappa shape index (κ1) is 63.5. The van der Waals surface area contributed by atoms with Crippen molar-refractivity contribution in [3.63, 3.8) is 0 Å². The van der Waals surface area contributed by atoms with E-state index in [1.165, 1.54) is 83.5 Å². The van der Waals surface area contributed by atoms with Crippen LogP contribution in [0.15, 0.2) is 72.9 Å². The third-order valence-corrected chi connectivity index (χ3v) is 12.9. The van der Waals surface area contributed by atoms with Crippen molar-refractivity contribution in [2.75, 3.05) is 19.8 Å². The van der Waals surface area contributed by atoms with Gasteiger partial charge in [-0.15, -0.1) is 0 Å². The molecule has 12 atom stereocenters. The number of ether oxygens (including phenoxy) is 4. The fourth-order valence-corrected chi connectivity index (χ4v) is 8.47. The zero-order valence-electron chi connectivity index (χ0n) is 43.0. The van der Waals surface area contributed by atoms with Gasteiger partial charge in [0.25, 0.3) is 0 Å². The second kappa shape index (κ2) is 41.9. The van der Waals surface area contributed by atoms with E-state index in [2.05, 4.69) is 79.9 Å². The summed E-state index contributed by atoms with van der Waals surface area (Å²) in [6.07, 6.45) is 36.9. The van der Waals surface area contributed by atoms with Crippen LogP contribution in [0.4, 0.5) is 0 Å². The number of hydrogen-bond acceptors (Lipinski definition) is 13. The highest BCUT2D eigenvalue weighted by molar-refractivity contribution is 5.76. The summed E-state index contributed by atoms with van der Waals surface area (Å²) in [4.78, 5) is 13.2. The Bertz CT molecular complexity index is 1450. The Balaban J connectivity index is 1.69. The van der Waals surface area contributed by atoms with Gasteiger partial charge in [-0.05, 0) is 70.6 Å². The summed E-state index contributed by atoms with van der Waals surface area (Å²) in [5.41, 5.74) is 0. The molecule has 9 N–H and O–H groups in total. The number of aliphatic hydroxyl groups excluding tert-OH is 8. The maximum atomic E-state index is 13.2. The number of hydrogen-bond donors (Lipinski definition) is 9. The maximum absolute atomic E-state index is 13.2. The molecule has 2 fully saturated rings. The van der Waals surface area contributed by atoms with E-state index >= 15 is 0 Å². The molecule has 14 heteroatoms. The molecular weight excluding hydrogens is 895 g/mol. The summed E-state index contributed by atoms with van der Waals surface area (Å²) in [5, 5.41) is 86.6. The Labute approximate surface area is 421 Å². The fourth-order valence-electron chi connectivity index (χ4n) is 8.47. The first-order chi connectivity index (χ1) is 34.1. The van der Waals surface area contributed by atoms with Crippen LogP contribution in [0.5, 0.6) is 0 Å². The lowest BCUT2D eigenvalue weighted by Crippen LogP contribution is -2.65. The van der Waals surface area contributed by atoms with E-state index in [4.69, 9.17) is 18.9 Å². The summed E-state index contributed by atoms with van der Waals surface area (Å²) in [6.45, 7) is 2.58. The predicted molar refractivity (Wildman–Crippen MR) is 277 cm³/mol. The molecule has 70 heavy (non-hydrogen) atoms. The highest BCUT2D eigenvalue weighted by Crippen LogP contribution is 2.30. The topological polar surface area (TPSA) is 228 Å². The molecule has 2 rings (SSSR count). The minimum Gasteiger partial charge on any atom is -0.394 e. The Kier molecular flexibility index (Phi) is 38.0. The van der Waals surface area contributed by atoms with Crippen molar-refractivity contribution in [3.05, 3.63) is 72.9 Å². The van der Waals surface area contributed by atoms with Crippen LogP contribution < -0.4 is 5.32 Å². The Morgan fingerprint density at radius 3 is 1.57 bits per heavy atom. The largest absolute Gasteiger partial charge is 0.394 e.